The summed E-state index contributed by atoms with van der Waals surface area (Å²) in [6.07, 6.45) is 2.26. The van der Waals surface area contributed by atoms with Crippen LogP contribution >= 0.6 is 11.3 Å². The van der Waals surface area contributed by atoms with Gasteiger partial charge in [0.15, 0.2) is 0 Å². The Morgan fingerprint density at radius 2 is 1.85 bits per heavy atom. The molecule has 1 aromatic carbocycles. The van der Waals surface area contributed by atoms with Gasteiger partial charge in [-0.05, 0) is 50.8 Å². The predicted molar refractivity (Wildman–Crippen MR) is 89.6 cm³/mol. The summed E-state index contributed by atoms with van der Waals surface area (Å²) in [5, 5.41) is 3.79. The fourth-order valence-electron chi connectivity index (χ4n) is 2.74. The molecule has 2 unspecified atom stereocenters. The number of nitrogens with one attached hydrogen (secondary N) is 1. The van der Waals surface area contributed by atoms with Crippen LogP contribution in [-0.2, 0) is 6.42 Å². The van der Waals surface area contributed by atoms with Gasteiger partial charge in [0.1, 0.15) is 0 Å². The van der Waals surface area contributed by atoms with E-state index in [1.807, 2.05) is 11.3 Å². The van der Waals surface area contributed by atoms with Gasteiger partial charge in [0.05, 0.1) is 0 Å². The lowest BCUT2D eigenvalue weighted by Crippen LogP contribution is -2.32. The molecule has 0 saturated heterocycles. The van der Waals surface area contributed by atoms with Gasteiger partial charge in [-0.1, -0.05) is 37.3 Å². The van der Waals surface area contributed by atoms with Gasteiger partial charge in [-0.25, -0.2) is 0 Å². The van der Waals surface area contributed by atoms with Crippen LogP contribution in [0.4, 0.5) is 0 Å². The molecule has 0 amide bonds. The minimum Gasteiger partial charge on any atom is -0.307 e. The zero-order chi connectivity index (χ0) is 14.5. The van der Waals surface area contributed by atoms with Crippen LogP contribution in [0.3, 0.4) is 0 Å². The highest BCUT2D eigenvalue weighted by atomic mass is 32.1. The molecule has 0 spiro atoms. The maximum atomic E-state index is 3.79. The van der Waals surface area contributed by atoms with Crippen molar-refractivity contribution in [2.45, 2.75) is 52.6 Å². The summed E-state index contributed by atoms with van der Waals surface area (Å²) in [5.41, 5.74) is 2.87. The SMILES string of the molecule is CCC(Cc1ccccc1)NC(C)c1cc(C)sc1C. The molecule has 1 aromatic heterocycles. The highest BCUT2D eigenvalue weighted by Crippen LogP contribution is 2.26. The van der Waals surface area contributed by atoms with Gasteiger partial charge >= 0.3 is 0 Å². The fraction of sp³-hybridized carbons (Fsp3) is 0.444. The zero-order valence-corrected chi connectivity index (χ0v) is 13.8. The van der Waals surface area contributed by atoms with E-state index in [1.54, 1.807) is 0 Å². The highest BCUT2D eigenvalue weighted by Gasteiger charge is 2.15. The molecule has 2 rings (SSSR count). The summed E-state index contributed by atoms with van der Waals surface area (Å²) >= 11 is 1.90. The van der Waals surface area contributed by atoms with Crippen molar-refractivity contribution in [3.8, 4) is 0 Å². The van der Waals surface area contributed by atoms with Crippen molar-refractivity contribution < 1.29 is 0 Å². The van der Waals surface area contributed by atoms with Gasteiger partial charge in [0.2, 0.25) is 0 Å². The van der Waals surface area contributed by atoms with E-state index in [1.165, 1.54) is 20.9 Å². The number of benzene rings is 1. The van der Waals surface area contributed by atoms with Crippen molar-refractivity contribution in [2.75, 3.05) is 0 Å². The third-order valence-corrected chi connectivity index (χ3v) is 4.83. The maximum absolute atomic E-state index is 3.79. The number of hydrogen-bond acceptors (Lipinski definition) is 2. The normalized spacial score (nSPS) is 14.2. The molecule has 1 N–H and O–H groups in total. The van der Waals surface area contributed by atoms with Crippen LogP contribution in [0.2, 0.25) is 0 Å². The Kier molecular flexibility index (Phi) is 5.38. The summed E-state index contributed by atoms with van der Waals surface area (Å²) < 4.78 is 0. The molecule has 0 aliphatic heterocycles. The molecule has 0 saturated carbocycles. The molecule has 2 heteroatoms. The first-order chi connectivity index (χ1) is 9.60. The van der Waals surface area contributed by atoms with Crippen LogP contribution in [-0.4, -0.2) is 6.04 Å². The van der Waals surface area contributed by atoms with Gasteiger partial charge in [0.25, 0.3) is 0 Å². The molecule has 0 bridgehead atoms. The molecule has 2 atom stereocenters. The zero-order valence-electron chi connectivity index (χ0n) is 12.9. The van der Waals surface area contributed by atoms with Gasteiger partial charge < -0.3 is 5.32 Å². The van der Waals surface area contributed by atoms with Crippen molar-refractivity contribution in [1.29, 1.82) is 0 Å². The predicted octanol–water partition coefficient (Wildman–Crippen LogP) is 5.04. The summed E-state index contributed by atoms with van der Waals surface area (Å²) in [6, 6.07) is 14.0. The van der Waals surface area contributed by atoms with Crippen LogP contribution in [0.5, 0.6) is 0 Å². The first kappa shape index (κ1) is 15.3. The molecule has 0 radical (unpaired) electrons. The second kappa shape index (κ2) is 7.05. The molecule has 0 aliphatic rings. The fourth-order valence-corrected chi connectivity index (χ4v) is 3.77. The molecule has 2 aromatic rings. The van der Waals surface area contributed by atoms with Crippen LogP contribution in [0.1, 0.15) is 47.2 Å². The molecule has 20 heavy (non-hydrogen) atoms. The van der Waals surface area contributed by atoms with Gasteiger partial charge in [0, 0.05) is 21.8 Å². The van der Waals surface area contributed by atoms with Crippen molar-refractivity contribution >= 4 is 11.3 Å². The minimum absolute atomic E-state index is 0.425. The molecule has 1 heterocycles. The summed E-state index contributed by atoms with van der Waals surface area (Å²) in [4.78, 5) is 2.85. The van der Waals surface area contributed by atoms with E-state index in [0.717, 1.165) is 12.8 Å². The summed E-state index contributed by atoms with van der Waals surface area (Å²) in [5.74, 6) is 0. The Morgan fingerprint density at radius 3 is 2.40 bits per heavy atom. The second-order valence-electron chi connectivity index (χ2n) is 5.55. The molecular formula is C18H25NS. The quantitative estimate of drug-likeness (QED) is 0.785. The van der Waals surface area contributed by atoms with E-state index in [9.17, 15) is 0 Å². The first-order valence-electron chi connectivity index (χ1n) is 7.47. The highest BCUT2D eigenvalue weighted by molar-refractivity contribution is 7.12. The molecule has 108 valence electrons. The Balaban J connectivity index is 2.01. The second-order valence-corrected chi connectivity index (χ2v) is 7.01. The number of rotatable bonds is 6. The van der Waals surface area contributed by atoms with Crippen LogP contribution in [0, 0.1) is 13.8 Å². The topological polar surface area (TPSA) is 12.0 Å². The molecule has 1 nitrogen and oxygen atoms in total. The van der Waals surface area contributed by atoms with Gasteiger partial charge in [-0.15, -0.1) is 11.3 Å². The van der Waals surface area contributed by atoms with Crippen LogP contribution in [0.15, 0.2) is 36.4 Å². The summed E-state index contributed by atoms with van der Waals surface area (Å²) in [7, 11) is 0. The number of aryl methyl sites for hydroxylation is 2. The number of hydrogen-bond donors (Lipinski definition) is 1. The Labute approximate surface area is 127 Å². The lowest BCUT2D eigenvalue weighted by Gasteiger charge is -2.22. The third-order valence-electron chi connectivity index (χ3n) is 3.85. The van der Waals surface area contributed by atoms with E-state index in [-0.39, 0.29) is 0 Å². The molecule has 0 fully saturated rings. The van der Waals surface area contributed by atoms with E-state index in [0.29, 0.717) is 12.1 Å². The van der Waals surface area contributed by atoms with Gasteiger partial charge in [-0.2, -0.15) is 0 Å². The molecular weight excluding hydrogens is 262 g/mol. The van der Waals surface area contributed by atoms with Crippen LogP contribution < -0.4 is 5.32 Å². The monoisotopic (exact) mass is 287 g/mol. The lowest BCUT2D eigenvalue weighted by atomic mass is 10.0. The standard InChI is InChI=1S/C18H25NS/c1-5-17(12-16-9-7-6-8-10-16)19-14(3)18-11-13(2)20-15(18)4/h6-11,14,17,19H,5,12H2,1-4H3. The lowest BCUT2D eigenvalue weighted by molar-refractivity contribution is 0.440. The molecule has 0 aliphatic carbocycles. The average Bonchev–Trinajstić information content (AvgIpc) is 2.78. The smallest absolute Gasteiger partial charge is 0.0305 e. The number of thiophene rings is 1. The summed E-state index contributed by atoms with van der Waals surface area (Å²) in [6.45, 7) is 8.96. The first-order valence-corrected chi connectivity index (χ1v) is 8.28. The largest absolute Gasteiger partial charge is 0.307 e. The van der Waals surface area contributed by atoms with Crippen LogP contribution in [0.25, 0.3) is 0 Å². The van der Waals surface area contributed by atoms with Gasteiger partial charge in [-0.3, -0.25) is 0 Å². The van der Waals surface area contributed by atoms with E-state index in [2.05, 4.69) is 69.4 Å². The maximum Gasteiger partial charge on any atom is 0.0305 e. The van der Waals surface area contributed by atoms with Crippen molar-refractivity contribution in [2.24, 2.45) is 0 Å². The van der Waals surface area contributed by atoms with Crippen molar-refractivity contribution in [3.63, 3.8) is 0 Å². The Bertz CT molecular complexity index is 530. The third kappa shape index (κ3) is 3.94. The van der Waals surface area contributed by atoms with E-state index >= 15 is 0 Å². The van der Waals surface area contributed by atoms with E-state index < -0.39 is 0 Å². The van der Waals surface area contributed by atoms with Crippen molar-refractivity contribution in [3.05, 3.63) is 57.3 Å². The average molecular weight is 287 g/mol. The minimum atomic E-state index is 0.425. The van der Waals surface area contributed by atoms with E-state index in [4.69, 9.17) is 0 Å². The van der Waals surface area contributed by atoms with Crippen molar-refractivity contribution in [1.82, 2.24) is 5.32 Å². The Hall–Kier alpha value is -1.12. The Morgan fingerprint density at radius 1 is 1.15 bits per heavy atom.